The van der Waals surface area contributed by atoms with E-state index in [1.807, 2.05) is 0 Å². The molecule has 20 heavy (non-hydrogen) atoms. The largest absolute Gasteiger partial charge is 0.480 e. The van der Waals surface area contributed by atoms with Gasteiger partial charge in [0, 0.05) is 11.1 Å². The molecule has 0 unspecified atom stereocenters. The maximum Gasteiger partial charge on any atom is 0.325 e. The number of hydrogen-bond donors (Lipinski definition) is 2. The van der Waals surface area contributed by atoms with Crippen LogP contribution < -0.4 is 0 Å². The molecule has 0 atom stereocenters. The first-order valence-corrected chi connectivity index (χ1v) is 5.53. The first kappa shape index (κ1) is 15.8. The number of benzene rings is 1. The lowest BCUT2D eigenvalue weighted by Gasteiger charge is -2.22. The molecule has 0 aromatic heterocycles. The lowest BCUT2D eigenvalue weighted by atomic mass is 9.81. The van der Waals surface area contributed by atoms with E-state index in [4.69, 9.17) is 21.8 Å². The van der Waals surface area contributed by atoms with Crippen molar-refractivity contribution in [1.29, 1.82) is 0 Å². The normalized spacial score (nSPS) is 11.2. The molecule has 0 bridgehead atoms. The highest BCUT2D eigenvalue weighted by Crippen LogP contribution is 2.38. The molecule has 0 heterocycles. The molecule has 1 aromatic carbocycles. The third-order valence-electron chi connectivity index (χ3n) is 2.99. The Morgan fingerprint density at radius 2 is 1.85 bits per heavy atom. The van der Waals surface area contributed by atoms with Gasteiger partial charge in [-0.15, -0.1) is 0 Å². The minimum Gasteiger partial charge on any atom is -0.480 e. The van der Waals surface area contributed by atoms with Crippen LogP contribution in [0, 0.1) is 22.9 Å². The van der Waals surface area contributed by atoms with E-state index in [2.05, 4.69) is 0 Å². The molecule has 0 aliphatic heterocycles. The van der Waals surface area contributed by atoms with Crippen molar-refractivity contribution in [3.05, 3.63) is 38.1 Å². The molecule has 7 nitrogen and oxygen atoms in total. The van der Waals surface area contributed by atoms with Gasteiger partial charge in [-0.2, -0.15) is 4.39 Å². The number of carboxylic acid groups (broad SMARTS) is 2. The van der Waals surface area contributed by atoms with Gasteiger partial charge in [-0.25, -0.2) is 0 Å². The molecule has 2 N–H and O–H groups in total. The first-order chi connectivity index (χ1) is 9.05. The fraction of sp³-hybridized carbons (Fsp3) is 0.273. The second-order valence-corrected chi connectivity index (χ2v) is 4.56. The molecule has 0 spiro atoms. The summed E-state index contributed by atoms with van der Waals surface area (Å²) in [6.07, 6.45) is 0. The van der Waals surface area contributed by atoms with Crippen LogP contribution in [0.1, 0.15) is 18.1 Å². The molecule has 1 aromatic rings. The smallest absolute Gasteiger partial charge is 0.325 e. The number of carbonyl (C=O) groups is 2. The summed E-state index contributed by atoms with van der Waals surface area (Å²) in [5.41, 5.74) is -4.32. The van der Waals surface area contributed by atoms with Gasteiger partial charge in [-0.3, -0.25) is 19.7 Å². The topological polar surface area (TPSA) is 118 Å². The number of halogens is 2. The van der Waals surface area contributed by atoms with Crippen LogP contribution >= 0.6 is 11.6 Å². The Hall–Kier alpha value is -2.22. The summed E-state index contributed by atoms with van der Waals surface area (Å²) in [4.78, 5) is 32.0. The van der Waals surface area contributed by atoms with E-state index in [1.54, 1.807) is 0 Å². The van der Waals surface area contributed by atoms with Crippen molar-refractivity contribution in [2.24, 2.45) is 0 Å². The third kappa shape index (κ3) is 2.18. The monoisotopic (exact) mass is 305 g/mol. The highest BCUT2D eigenvalue weighted by molar-refractivity contribution is 6.33. The highest BCUT2D eigenvalue weighted by Gasteiger charge is 2.46. The zero-order valence-corrected chi connectivity index (χ0v) is 11.1. The summed E-state index contributed by atoms with van der Waals surface area (Å²) in [7, 11) is 0. The van der Waals surface area contributed by atoms with E-state index in [1.165, 1.54) is 0 Å². The van der Waals surface area contributed by atoms with Gasteiger partial charge in [0.1, 0.15) is 0 Å². The number of nitrogens with zero attached hydrogens (tertiary/aromatic N) is 1. The molecule has 1 rings (SSSR count). The first-order valence-electron chi connectivity index (χ1n) is 5.15. The Morgan fingerprint density at radius 3 is 2.20 bits per heavy atom. The predicted octanol–water partition coefficient (Wildman–Crippen LogP) is 2.12. The van der Waals surface area contributed by atoms with Crippen molar-refractivity contribution >= 4 is 29.2 Å². The summed E-state index contributed by atoms with van der Waals surface area (Å²) in [6, 6.07) is 0.468. The lowest BCUT2D eigenvalue weighted by molar-refractivity contribution is -0.388. The minimum atomic E-state index is -2.52. The summed E-state index contributed by atoms with van der Waals surface area (Å²) in [5.74, 6) is -4.88. The van der Waals surface area contributed by atoms with Crippen LogP contribution in [0.4, 0.5) is 10.1 Å². The van der Waals surface area contributed by atoms with E-state index >= 15 is 0 Å². The fourth-order valence-corrected chi connectivity index (χ4v) is 1.99. The van der Waals surface area contributed by atoms with Crippen LogP contribution in [0.25, 0.3) is 0 Å². The van der Waals surface area contributed by atoms with E-state index in [0.29, 0.717) is 6.07 Å². The van der Waals surface area contributed by atoms with Crippen molar-refractivity contribution in [3.8, 4) is 0 Å². The number of aliphatic carboxylic acids is 2. The van der Waals surface area contributed by atoms with Crippen LogP contribution in [0.3, 0.4) is 0 Å². The van der Waals surface area contributed by atoms with Crippen molar-refractivity contribution in [2.75, 3.05) is 0 Å². The maximum absolute atomic E-state index is 13.7. The number of rotatable bonds is 4. The van der Waals surface area contributed by atoms with Crippen LogP contribution in [0.5, 0.6) is 0 Å². The average molecular weight is 306 g/mol. The second-order valence-electron chi connectivity index (χ2n) is 4.19. The molecule has 0 amide bonds. The molecule has 9 heteroatoms. The zero-order chi connectivity index (χ0) is 15.8. The number of nitro benzene ring substituents is 1. The Kier molecular flexibility index (Phi) is 3.99. The zero-order valence-electron chi connectivity index (χ0n) is 10.3. The highest BCUT2D eigenvalue weighted by atomic mass is 35.5. The second kappa shape index (κ2) is 5.04. The molecule has 0 aliphatic rings. The predicted molar refractivity (Wildman–Crippen MR) is 65.4 cm³/mol. The fourth-order valence-electron chi connectivity index (χ4n) is 1.65. The van der Waals surface area contributed by atoms with Crippen molar-refractivity contribution in [2.45, 2.75) is 19.3 Å². The Balaban J connectivity index is 3.77. The van der Waals surface area contributed by atoms with Crippen molar-refractivity contribution in [3.63, 3.8) is 0 Å². The van der Waals surface area contributed by atoms with Gasteiger partial charge in [-0.1, -0.05) is 11.6 Å². The van der Waals surface area contributed by atoms with Gasteiger partial charge in [0.2, 0.25) is 5.82 Å². The summed E-state index contributed by atoms with van der Waals surface area (Å²) < 4.78 is 13.7. The molecular weight excluding hydrogens is 297 g/mol. The molecule has 0 saturated heterocycles. The van der Waals surface area contributed by atoms with E-state index in [0.717, 1.165) is 13.8 Å². The van der Waals surface area contributed by atoms with Gasteiger partial charge in [0.15, 0.2) is 5.41 Å². The Morgan fingerprint density at radius 1 is 1.40 bits per heavy atom. The lowest BCUT2D eigenvalue weighted by Crippen LogP contribution is -2.41. The van der Waals surface area contributed by atoms with Crippen molar-refractivity contribution < 1.29 is 29.1 Å². The molecule has 0 radical (unpaired) electrons. The van der Waals surface area contributed by atoms with Crippen LogP contribution in [0.2, 0.25) is 5.02 Å². The van der Waals surface area contributed by atoms with E-state index in [-0.39, 0.29) is 5.56 Å². The number of hydrogen-bond acceptors (Lipinski definition) is 4. The van der Waals surface area contributed by atoms with Gasteiger partial charge in [0.05, 0.1) is 9.95 Å². The standard InChI is InChI=1S/C11H9ClFNO6/c1-4-7(12)5(3-6(13)8(4)14(19)20)11(2,9(15)16)10(17)18/h3H,1-2H3,(H,15,16)(H,17,18). The Bertz CT molecular complexity index is 616. The summed E-state index contributed by atoms with van der Waals surface area (Å²) in [5, 5.41) is 28.3. The maximum atomic E-state index is 13.7. The van der Waals surface area contributed by atoms with Gasteiger partial charge in [0.25, 0.3) is 0 Å². The summed E-state index contributed by atoms with van der Waals surface area (Å²) >= 11 is 5.79. The number of carboxylic acids is 2. The summed E-state index contributed by atoms with van der Waals surface area (Å²) in [6.45, 7) is 1.93. The third-order valence-corrected chi connectivity index (χ3v) is 3.48. The molecular formula is C11H9ClFNO6. The van der Waals surface area contributed by atoms with Gasteiger partial charge >= 0.3 is 17.6 Å². The van der Waals surface area contributed by atoms with Gasteiger partial charge in [-0.05, 0) is 19.9 Å². The Labute approximate surface area is 116 Å². The van der Waals surface area contributed by atoms with Crippen molar-refractivity contribution in [1.82, 2.24) is 0 Å². The average Bonchev–Trinajstić information content (AvgIpc) is 2.31. The number of nitro groups is 1. The molecule has 108 valence electrons. The molecule has 0 saturated carbocycles. The molecule has 0 aliphatic carbocycles. The van der Waals surface area contributed by atoms with Crippen LogP contribution in [-0.4, -0.2) is 27.1 Å². The van der Waals surface area contributed by atoms with E-state index in [9.17, 15) is 24.1 Å². The minimum absolute atomic E-state index is 0.333. The molecule has 0 fully saturated rings. The van der Waals surface area contributed by atoms with E-state index < -0.39 is 44.4 Å². The van der Waals surface area contributed by atoms with Gasteiger partial charge < -0.3 is 10.2 Å². The van der Waals surface area contributed by atoms with Crippen LogP contribution in [0.15, 0.2) is 6.07 Å². The quantitative estimate of drug-likeness (QED) is 0.500. The SMILES string of the molecule is Cc1c(Cl)c(C(C)(C(=O)O)C(=O)O)cc(F)c1[N+](=O)[O-]. The van der Waals surface area contributed by atoms with Crippen LogP contribution in [-0.2, 0) is 15.0 Å².